The van der Waals surface area contributed by atoms with Crippen LogP contribution in [0.4, 0.5) is 0 Å². The lowest BCUT2D eigenvalue weighted by Crippen LogP contribution is -1.80. The molecule has 0 heterocycles. The van der Waals surface area contributed by atoms with Gasteiger partial charge in [0.05, 0.1) is 0 Å². The molecule has 2 heteroatoms. The molecule has 0 saturated carbocycles. The predicted molar refractivity (Wildman–Crippen MR) is 80.6 cm³/mol. The van der Waals surface area contributed by atoms with E-state index in [0.717, 1.165) is 0 Å². The molecule has 0 rings (SSSR count). The largest absolute Gasteiger partial charge is 0.300 e. The Labute approximate surface area is 110 Å². The normalized spacial score (nSPS) is 6.59. The molecule has 17 heavy (non-hydrogen) atoms. The first-order chi connectivity index (χ1) is 7.37. The van der Waals surface area contributed by atoms with Gasteiger partial charge in [0.15, 0.2) is 0 Å². The highest BCUT2D eigenvalue weighted by Gasteiger charge is 1.77. The molecule has 0 saturated heterocycles. The maximum atomic E-state index is 9.81. The van der Waals surface area contributed by atoms with Crippen LogP contribution < -0.4 is 0 Å². The van der Waals surface area contributed by atoms with Crippen LogP contribution in [0, 0.1) is 0 Å². The fraction of sp³-hybridized carbons (Fsp3) is 0.867. The second-order valence-electron chi connectivity index (χ2n) is 3.53. The van der Waals surface area contributed by atoms with Gasteiger partial charge in [0.1, 0.15) is 11.6 Å². The summed E-state index contributed by atoms with van der Waals surface area (Å²) in [7, 11) is 0. The topological polar surface area (TPSA) is 34.1 Å². The third kappa shape index (κ3) is 245. The molecule has 0 amide bonds. The molecule has 0 radical (unpaired) electrons. The Morgan fingerprint density at radius 3 is 0.706 bits per heavy atom. The van der Waals surface area contributed by atoms with Crippen molar-refractivity contribution in [2.45, 2.75) is 88.5 Å². The lowest BCUT2D eigenvalue weighted by molar-refractivity contribution is -0.117. The van der Waals surface area contributed by atoms with E-state index in [2.05, 4.69) is 27.7 Å². The first-order valence-electron chi connectivity index (χ1n) is 6.36. The summed E-state index contributed by atoms with van der Waals surface area (Å²) >= 11 is 0. The van der Waals surface area contributed by atoms with E-state index in [1.54, 1.807) is 13.8 Å². The Bertz CT molecular complexity index is 113. The fourth-order valence-electron chi connectivity index (χ4n) is 0. The Morgan fingerprint density at radius 2 is 0.706 bits per heavy atom. The first kappa shape index (κ1) is 29.9. The van der Waals surface area contributed by atoms with Gasteiger partial charge in [-0.05, 0) is 13.8 Å². The van der Waals surface area contributed by atoms with Crippen LogP contribution in [0.3, 0.4) is 0 Å². The van der Waals surface area contributed by atoms with Crippen molar-refractivity contribution >= 4 is 11.6 Å². The Balaban J connectivity index is -0.0000000381. The van der Waals surface area contributed by atoms with Gasteiger partial charge in [-0.15, -0.1) is 0 Å². The average molecular weight is 248 g/mol. The van der Waals surface area contributed by atoms with Gasteiger partial charge in [0, 0.05) is 12.8 Å². The van der Waals surface area contributed by atoms with Crippen LogP contribution in [0.1, 0.15) is 88.5 Å². The summed E-state index contributed by atoms with van der Waals surface area (Å²) in [5.74, 6) is 0.509. The van der Waals surface area contributed by atoms with Crippen molar-refractivity contribution in [3.63, 3.8) is 0 Å². The van der Waals surface area contributed by atoms with Crippen molar-refractivity contribution < 1.29 is 9.59 Å². The van der Waals surface area contributed by atoms with E-state index in [0.29, 0.717) is 12.8 Å². The van der Waals surface area contributed by atoms with Crippen LogP contribution in [-0.2, 0) is 9.59 Å². The number of rotatable bonds is 2. The Hall–Kier alpha value is -0.660. The molecular formula is C15H36O2. The van der Waals surface area contributed by atoms with Gasteiger partial charge >= 0.3 is 0 Å². The number of ketones is 2. The van der Waals surface area contributed by atoms with E-state index in [-0.39, 0.29) is 19.0 Å². The number of carbonyl (C=O) groups is 2. The zero-order valence-corrected chi connectivity index (χ0v) is 12.6. The first-order valence-corrected chi connectivity index (χ1v) is 6.36. The minimum Gasteiger partial charge on any atom is -0.300 e. The van der Waals surface area contributed by atoms with E-state index in [1.807, 2.05) is 13.8 Å². The van der Waals surface area contributed by atoms with Gasteiger partial charge in [-0.25, -0.2) is 0 Å². The summed E-state index contributed by atoms with van der Waals surface area (Å²) in [5.41, 5.74) is 0. The van der Waals surface area contributed by atoms with Gasteiger partial charge in [-0.1, -0.05) is 61.8 Å². The van der Waals surface area contributed by atoms with Gasteiger partial charge < -0.3 is 9.59 Å². The second-order valence-corrected chi connectivity index (χ2v) is 3.53. The minimum absolute atomic E-state index is 0. The second kappa shape index (κ2) is 36.2. The summed E-state index contributed by atoms with van der Waals surface area (Å²) in [5, 5.41) is 0. The number of Topliss-reactive ketones (excluding diaryl/α,β-unsaturated/α-hetero) is 2. The molecule has 0 unspecified atom stereocenters. The highest BCUT2D eigenvalue weighted by atomic mass is 16.1. The fourth-order valence-corrected chi connectivity index (χ4v) is 0. The third-order valence-electron chi connectivity index (χ3n) is 0.996. The van der Waals surface area contributed by atoms with E-state index in [4.69, 9.17) is 0 Å². The lowest BCUT2D eigenvalue weighted by atomic mass is 10.4. The van der Waals surface area contributed by atoms with Crippen LogP contribution >= 0.6 is 0 Å². The molecule has 2 nitrogen and oxygen atoms in total. The van der Waals surface area contributed by atoms with E-state index >= 15 is 0 Å². The van der Waals surface area contributed by atoms with E-state index in [9.17, 15) is 9.59 Å². The molecule has 108 valence electrons. The van der Waals surface area contributed by atoms with Crippen molar-refractivity contribution in [3.05, 3.63) is 0 Å². The monoisotopic (exact) mass is 248 g/mol. The van der Waals surface area contributed by atoms with Crippen molar-refractivity contribution in [1.29, 1.82) is 0 Å². The van der Waals surface area contributed by atoms with Crippen LogP contribution in [0.15, 0.2) is 0 Å². The third-order valence-corrected chi connectivity index (χ3v) is 0.996. The molecule has 0 aromatic rings. The molecule has 0 N–H and O–H groups in total. The number of hydrogen-bond acceptors (Lipinski definition) is 2. The minimum atomic E-state index is 0. The molecule has 0 aromatic carbocycles. The van der Waals surface area contributed by atoms with Crippen molar-refractivity contribution in [2.75, 3.05) is 0 Å². The predicted octanol–water partition coefficient (Wildman–Crippen LogP) is 5.44. The molecule has 0 fully saturated rings. The zero-order chi connectivity index (χ0) is 14.0. The van der Waals surface area contributed by atoms with Crippen molar-refractivity contribution in [3.8, 4) is 0 Å². The Kier molecular flexibility index (Phi) is 63.6. The smallest absolute Gasteiger partial charge is 0.129 e. The standard InChI is InChI=1S/2C4H8O.2C3H8.CH4/c2*1-3-4(2)5;2*1-3-2;/h2*3H2,1-2H3;2*3H2,1-2H3;1H4. The van der Waals surface area contributed by atoms with Crippen LogP contribution in [0.25, 0.3) is 0 Å². The van der Waals surface area contributed by atoms with Gasteiger partial charge in [-0.3, -0.25) is 0 Å². The van der Waals surface area contributed by atoms with E-state index in [1.165, 1.54) is 12.8 Å². The molecule has 0 atom stereocenters. The summed E-state index contributed by atoms with van der Waals surface area (Å²) < 4.78 is 0. The number of carbonyl (C=O) groups excluding carboxylic acids is 2. The molecule has 0 spiro atoms. The van der Waals surface area contributed by atoms with Crippen LogP contribution in [-0.4, -0.2) is 11.6 Å². The quantitative estimate of drug-likeness (QED) is 0.652. The molecule has 0 aliphatic heterocycles. The number of hydrogen-bond donors (Lipinski definition) is 0. The maximum absolute atomic E-state index is 9.81. The molecule has 0 aliphatic carbocycles. The SMILES string of the molecule is C.CCC.CCC.CCC(C)=O.CCC(C)=O. The highest BCUT2D eigenvalue weighted by molar-refractivity contribution is 5.75. The molecular weight excluding hydrogens is 212 g/mol. The summed E-state index contributed by atoms with van der Waals surface area (Å²) in [6.07, 6.45) is 3.83. The van der Waals surface area contributed by atoms with Crippen molar-refractivity contribution in [2.24, 2.45) is 0 Å². The van der Waals surface area contributed by atoms with Gasteiger partial charge in [-0.2, -0.15) is 0 Å². The van der Waals surface area contributed by atoms with Gasteiger partial charge in [0.25, 0.3) is 0 Å². The summed E-state index contributed by atoms with van der Waals surface area (Å²) in [6, 6.07) is 0. The van der Waals surface area contributed by atoms with Gasteiger partial charge in [0.2, 0.25) is 0 Å². The average Bonchev–Trinajstić information content (AvgIpc) is 2.21. The zero-order valence-electron chi connectivity index (χ0n) is 12.6. The summed E-state index contributed by atoms with van der Waals surface area (Å²) in [4.78, 5) is 19.6. The summed E-state index contributed by atoms with van der Waals surface area (Å²) in [6.45, 7) is 15.4. The Morgan fingerprint density at radius 1 is 0.647 bits per heavy atom. The molecule has 0 aliphatic rings. The maximum Gasteiger partial charge on any atom is 0.129 e. The van der Waals surface area contributed by atoms with Crippen molar-refractivity contribution in [1.82, 2.24) is 0 Å². The lowest BCUT2D eigenvalue weighted by Gasteiger charge is -1.71. The van der Waals surface area contributed by atoms with Crippen LogP contribution in [0.2, 0.25) is 0 Å². The molecule has 0 bridgehead atoms. The highest BCUT2D eigenvalue weighted by Crippen LogP contribution is 1.72. The molecule has 0 aromatic heterocycles. The van der Waals surface area contributed by atoms with Crippen LogP contribution in [0.5, 0.6) is 0 Å². The van der Waals surface area contributed by atoms with E-state index < -0.39 is 0 Å².